The summed E-state index contributed by atoms with van der Waals surface area (Å²) in [6.45, 7) is 6.92. The van der Waals surface area contributed by atoms with E-state index >= 15 is 0 Å². The number of hydrogen-bond acceptors (Lipinski definition) is 9. The van der Waals surface area contributed by atoms with Crippen LogP contribution in [-0.2, 0) is 22.6 Å². The topological polar surface area (TPSA) is 113 Å². The fourth-order valence-electron chi connectivity index (χ4n) is 6.64. The van der Waals surface area contributed by atoms with Crippen molar-refractivity contribution in [3.8, 4) is 11.1 Å². The molecule has 10 heteroatoms. The smallest absolute Gasteiger partial charge is 0.253 e. The molecule has 0 saturated carbocycles. The van der Waals surface area contributed by atoms with E-state index < -0.39 is 6.29 Å². The number of benzene rings is 3. The van der Waals surface area contributed by atoms with Crippen LogP contribution in [0.1, 0.15) is 51.9 Å². The van der Waals surface area contributed by atoms with Gasteiger partial charge in [-0.15, -0.1) is 0 Å². The summed E-state index contributed by atoms with van der Waals surface area (Å²) in [6.07, 6.45) is 6.01. The van der Waals surface area contributed by atoms with Gasteiger partial charge in [-0.2, -0.15) is 0 Å². The predicted octanol–water partition coefficient (Wildman–Crippen LogP) is 5.57. The molecule has 0 aliphatic carbocycles. The monoisotopic (exact) mass is 670 g/mol. The number of aliphatic hydroxyl groups is 1. The lowest BCUT2D eigenvalue weighted by molar-refractivity contribution is -0.276. The molecule has 10 nitrogen and oxygen atoms in total. The standard InChI is InChI=1S/C40H42N6O4/c1-28-36(26-45-19-21-46(22-20-45)40-42-17-4-18-43-40)49-39(50-37(28)32-10-8-29(27-47)9-11-32)33-14-12-31(13-15-33)34-6-2-5-30(23-34)24-44-38(48)35-7-3-16-41-25-35/h2-18,23,25,28,36-37,39,47H,19-22,24,26-27H2,1H3,(H,44,48). The number of nitrogens with one attached hydrogen (secondary N) is 1. The summed E-state index contributed by atoms with van der Waals surface area (Å²) in [5.74, 6) is 0.721. The number of carbonyl (C=O) groups is 1. The van der Waals surface area contributed by atoms with E-state index in [1.807, 2.05) is 30.3 Å². The van der Waals surface area contributed by atoms with Gasteiger partial charge >= 0.3 is 0 Å². The maximum absolute atomic E-state index is 12.5. The van der Waals surface area contributed by atoms with Crippen LogP contribution in [0.4, 0.5) is 5.95 Å². The number of nitrogens with zero attached hydrogens (tertiary/aromatic N) is 5. The second-order valence-electron chi connectivity index (χ2n) is 12.9. The van der Waals surface area contributed by atoms with Crippen LogP contribution in [0.5, 0.6) is 0 Å². The average molecular weight is 671 g/mol. The Kier molecular flexibility index (Phi) is 10.5. The molecule has 4 atom stereocenters. The first-order valence-electron chi connectivity index (χ1n) is 17.2. The van der Waals surface area contributed by atoms with Crippen molar-refractivity contribution in [3.63, 3.8) is 0 Å². The normalized spacial score (nSPS) is 21.1. The lowest BCUT2D eigenvalue weighted by Crippen LogP contribution is -2.51. The zero-order chi connectivity index (χ0) is 34.3. The fraction of sp³-hybridized carbons (Fsp3) is 0.300. The van der Waals surface area contributed by atoms with E-state index in [4.69, 9.17) is 9.47 Å². The van der Waals surface area contributed by atoms with E-state index in [1.54, 1.807) is 36.9 Å². The minimum Gasteiger partial charge on any atom is -0.392 e. The highest BCUT2D eigenvalue weighted by atomic mass is 16.7. The second-order valence-corrected chi connectivity index (χ2v) is 12.9. The molecule has 4 heterocycles. The minimum atomic E-state index is -0.541. The van der Waals surface area contributed by atoms with Crippen molar-refractivity contribution in [2.45, 2.75) is 38.6 Å². The molecule has 7 rings (SSSR count). The zero-order valence-corrected chi connectivity index (χ0v) is 28.1. The Bertz CT molecular complexity index is 1830. The zero-order valence-electron chi connectivity index (χ0n) is 28.1. The third-order valence-electron chi connectivity index (χ3n) is 9.59. The molecule has 50 heavy (non-hydrogen) atoms. The van der Waals surface area contributed by atoms with Gasteiger partial charge in [0.25, 0.3) is 5.91 Å². The van der Waals surface area contributed by atoms with Crippen LogP contribution in [0, 0.1) is 5.92 Å². The fourth-order valence-corrected chi connectivity index (χ4v) is 6.64. The summed E-state index contributed by atoms with van der Waals surface area (Å²) in [6, 6.07) is 29.9. The Morgan fingerprint density at radius 2 is 1.58 bits per heavy atom. The number of aliphatic hydroxyl groups excluding tert-OH is 1. The van der Waals surface area contributed by atoms with Gasteiger partial charge in [0.2, 0.25) is 5.95 Å². The van der Waals surface area contributed by atoms with E-state index in [-0.39, 0.29) is 30.6 Å². The van der Waals surface area contributed by atoms with Crippen molar-refractivity contribution in [1.29, 1.82) is 0 Å². The Hall–Kier alpha value is -5.00. The molecule has 4 unspecified atom stereocenters. The third kappa shape index (κ3) is 7.90. The van der Waals surface area contributed by atoms with E-state index in [0.29, 0.717) is 12.1 Å². The molecule has 2 aliphatic heterocycles. The highest BCUT2D eigenvalue weighted by molar-refractivity contribution is 5.93. The van der Waals surface area contributed by atoms with Gasteiger partial charge in [-0.1, -0.05) is 73.7 Å². The highest BCUT2D eigenvalue weighted by Crippen LogP contribution is 2.42. The Labute approximate surface area is 292 Å². The number of hydrogen-bond donors (Lipinski definition) is 2. The largest absolute Gasteiger partial charge is 0.392 e. The van der Waals surface area contributed by atoms with Gasteiger partial charge in [0.05, 0.1) is 24.4 Å². The quantitative estimate of drug-likeness (QED) is 0.197. The third-order valence-corrected chi connectivity index (χ3v) is 9.59. The number of carbonyl (C=O) groups excluding carboxylic acids is 1. The van der Waals surface area contributed by atoms with Crippen molar-refractivity contribution in [1.82, 2.24) is 25.2 Å². The summed E-state index contributed by atoms with van der Waals surface area (Å²) < 4.78 is 13.5. The van der Waals surface area contributed by atoms with Gasteiger partial charge in [-0.25, -0.2) is 9.97 Å². The van der Waals surface area contributed by atoms with Crippen molar-refractivity contribution in [2.75, 3.05) is 37.6 Å². The van der Waals surface area contributed by atoms with Gasteiger partial charge in [0, 0.05) is 75.5 Å². The summed E-state index contributed by atoms with van der Waals surface area (Å²) in [4.78, 5) is 30.1. The number of piperazine rings is 1. The maximum Gasteiger partial charge on any atom is 0.253 e. The Morgan fingerprint density at radius 1 is 0.820 bits per heavy atom. The molecule has 2 N–H and O–H groups in total. The number of ether oxygens (including phenoxy) is 2. The summed E-state index contributed by atoms with van der Waals surface area (Å²) in [7, 11) is 0. The van der Waals surface area contributed by atoms with Crippen LogP contribution in [-0.4, -0.2) is 69.7 Å². The van der Waals surface area contributed by atoms with E-state index in [1.165, 1.54) is 0 Å². The maximum atomic E-state index is 12.5. The minimum absolute atomic E-state index is 0.00497. The molecule has 5 aromatic rings. The van der Waals surface area contributed by atoms with Crippen LogP contribution >= 0.6 is 0 Å². The SMILES string of the molecule is CC1C(CN2CCN(c3ncccn3)CC2)OC(c2ccc(-c3cccc(CNC(=O)c4cccnc4)c3)cc2)OC1c1ccc(CO)cc1. The van der Waals surface area contributed by atoms with Crippen molar-refractivity contribution in [3.05, 3.63) is 144 Å². The first kappa shape index (κ1) is 33.5. The molecule has 3 aromatic carbocycles. The number of anilines is 1. The van der Waals surface area contributed by atoms with Crippen LogP contribution in [0.15, 0.2) is 116 Å². The molecule has 256 valence electrons. The molecule has 1 amide bonds. The molecule has 0 spiro atoms. The molecular weight excluding hydrogens is 628 g/mol. The summed E-state index contributed by atoms with van der Waals surface area (Å²) in [5.41, 5.74) is 6.56. The van der Waals surface area contributed by atoms with Gasteiger partial charge in [-0.3, -0.25) is 14.7 Å². The van der Waals surface area contributed by atoms with Gasteiger partial charge in [-0.05, 0) is 52.1 Å². The van der Waals surface area contributed by atoms with Gasteiger partial charge < -0.3 is 24.8 Å². The van der Waals surface area contributed by atoms with Crippen LogP contribution in [0.2, 0.25) is 0 Å². The second kappa shape index (κ2) is 15.7. The van der Waals surface area contributed by atoms with Crippen molar-refractivity contribution in [2.24, 2.45) is 5.92 Å². The van der Waals surface area contributed by atoms with E-state index in [0.717, 1.165) is 72.1 Å². The van der Waals surface area contributed by atoms with Crippen LogP contribution < -0.4 is 10.2 Å². The molecule has 2 aliphatic rings. The lowest BCUT2D eigenvalue weighted by Gasteiger charge is -2.44. The molecule has 0 bridgehead atoms. The summed E-state index contributed by atoms with van der Waals surface area (Å²) >= 11 is 0. The van der Waals surface area contributed by atoms with Crippen LogP contribution in [0.25, 0.3) is 11.1 Å². The molecule has 2 aromatic heterocycles. The number of aromatic nitrogens is 3. The Morgan fingerprint density at radius 3 is 2.30 bits per heavy atom. The van der Waals surface area contributed by atoms with E-state index in [2.05, 4.69) is 85.5 Å². The predicted molar refractivity (Wildman–Crippen MR) is 191 cm³/mol. The summed E-state index contributed by atoms with van der Waals surface area (Å²) in [5, 5.41) is 12.6. The first-order chi connectivity index (χ1) is 24.5. The average Bonchev–Trinajstić information content (AvgIpc) is 3.19. The lowest BCUT2D eigenvalue weighted by atomic mass is 9.89. The van der Waals surface area contributed by atoms with Crippen LogP contribution in [0.3, 0.4) is 0 Å². The first-order valence-corrected chi connectivity index (χ1v) is 17.2. The van der Waals surface area contributed by atoms with E-state index in [9.17, 15) is 9.90 Å². The molecule has 2 saturated heterocycles. The Balaban J connectivity index is 1.05. The van der Waals surface area contributed by atoms with Gasteiger partial charge in [0.15, 0.2) is 6.29 Å². The molecule has 0 radical (unpaired) electrons. The van der Waals surface area contributed by atoms with Crippen molar-refractivity contribution < 1.29 is 19.4 Å². The number of amides is 1. The van der Waals surface area contributed by atoms with Crippen molar-refractivity contribution >= 4 is 11.9 Å². The number of rotatable bonds is 10. The van der Waals surface area contributed by atoms with Gasteiger partial charge in [0.1, 0.15) is 0 Å². The number of pyridine rings is 1. The molecular formula is C40H42N6O4. The highest BCUT2D eigenvalue weighted by Gasteiger charge is 2.39. The molecule has 2 fully saturated rings.